The Hall–Kier alpha value is -7.14. The lowest BCUT2D eigenvalue weighted by molar-refractivity contribution is -0.163. The molecule has 0 aliphatic carbocycles. The lowest BCUT2D eigenvalue weighted by Crippen LogP contribution is -2.39. The first-order valence-electron chi connectivity index (χ1n) is 20.1. The fourth-order valence-electron chi connectivity index (χ4n) is 6.29. The second kappa shape index (κ2) is 21.7. The summed E-state index contributed by atoms with van der Waals surface area (Å²) in [5, 5.41) is 34.5. The Morgan fingerprint density at radius 1 is 0.672 bits per heavy atom. The molecule has 0 saturated carbocycles. The van der Waals surface area contributed by atoms with Crippen LogP contribution in [-0.2, 0) is 19.1 Å². The molecule has 14 nitrogen and oxygen atoms in total. The summed E-state index contributed by atoms with van der Waals surface area (Å²) in [5.74, 6) is -0.136. The van der Waals surface area contributed by atoms with E-state index in [-0.39, 0.29) is 32.2 Å². The molecule has 1 atom stereocenters. The molecule has 0 amide bonds. The van der Waals surface area contributed by atoms with E-state index in [1.165, 1.54) is 6.20 Å². The number of nitrogens with zero attached hydrogens (tertiary/aromatic N) is 9. The SMILES string of the molecule is CCN(CCOC(=O)C(C)(C)CC(C)(CC)C(=O)OCCOc1ccc(N=Nc2ccc(N=Nc3ccccc3)cc2)cc1C)c1ccc(N=Nc2ccc(C#N)nc2)cc1. The largest absolute Gasteiger partial charge is 0.490 e. The molecule has 61 heavy (non-hydrogen) atoms. The summed E-state index contributed by atoms with van der Waals surface area (Å²) in [6.45, 7) is 12.8. The normalized spacial score (nSPS) is 12.6. The first-order chi connectivity index (χ1) is 29.4. The highest BCUT2D eigenvalue weighted by molar-refractivity contribution is 5.80. The monoisotopic (exact) mass is 821 g/mol. The summed E-state index contributed by atoms with van der Waals surface area (Å²) in [6, 6.07) is 35.1. The molecule has 0 fully saturated rings. The number of hydrogen-bond acceptors (Lipinski definition) is 14. The van der Waals surface area contributed by atoms with E-state index in [1.807, 2.05) is 125 Å². The summed E-state index contributed by atoms with van der Waals surface area (Å²) in [4.78, 5) is 32.8. The fraction of sp³-hybridized carbons (Fsp3) is 0.319. The van der Waals surface area contributed by atoms with Crippen LogP contribution in [-0.4, -0.2) is 49.8 Å². The standard InChI is InChI=1S/C47H51N9O5/c1-7-47(6,33-46(4,5)44(57)60-27-26-56(8-2)42-23-20-38(21-24-42)53-55-41-19-18-40(31-48)49-32-41)45(58)61-29-28-59-43-25-22-39(30-34(43)3)54-52-37-16-14-36(15-17-37)51-50-35-12-10-9-11-13-35/h9-25,30,32H,7-8,26-29,33H2,1-6H3. The second-order valence-electron chi connectivity index (χ2n) is 15.1. The van der Waals surface area contributed by atoms with Crippen LogP contribution in [0.1, 0.15) is 58.7 Å². The number of azo groups is 3. The summed E-state index contributed by atoms with van der Waals surface area (Å²) >= 11 is 0. The molecule has 0 bridgehead atoms. The predicted molar refractivity (Wildman–Crippen MR) is 234 cm³/mol. The summed E-state index contributed by atoms with van der Waals surface area (Å²) in [5.41, 5.74) is 4.29. The van der Waals surface area contributed by atoms with E-state index in [0.29, 0.717) is 59.4 Å². The van der Waals surface area contributed by atoms with Gasteiger partial charge in [-0.05, 0) is 144 Å². The van der Waals surface area contributed by atoms with Crippen molar-refractivity contribution in [1.82, 2.24) is 4.98 Å². The van der Waals surface area contributed by atoms with Gasteiger partial charge < -0.3 is 19.1 Å². The maximum Gasteiger partial charge on any atom is 0.311 e. The number of pyridine rings is 1. The second-order valence-corrected chi connectivity index (χ2v) is 15.1. The van der Waals surface area contributed by atoms with E-state index < -0.39 is 16.8 Å². The van der Waals surface area contributed by atoms with Crippen LogP contribution in [0.25, 0.3) is 0 Å². The van der Waals surface area contributed by atoms with Crippen LogP contribution in [0.5, 0.6) is 5.75 Å². The van der Waals surface area contributed by atoms with E-state index in [2.05, 4.69) is 40.6 Å². The highest BCUT2D eigenvalue weighted by atomic mass is 16.6. The van der Waals surface area contributed by atoms with Gasteiger partial charge in [0.1, 0.15) is 43.0 Å². The molecule has 4 aromatic carbocycles. The number of rotatable bonds is 20. The van der Waals surface area contributed by atoms with Crippen LogP contribution < -0.4 is 9.64 Å². The number of esters is 2. The molecule has 0 radical (unpaired) electrons. The van der Waals surface area contributed by atoms with Crippen LogP contribution in [0.15, 0.2) is 146 Å². The van der Waals surface area contributed by atoms with Crippen molar-refractivity contribution in [2.75, 3.05) is 37.8 Å². The minimum absolute atomic E-state index is 0.0480. The number of aromatic nitrogens is 1. The minimum atomic E-state index is -0.942. The van der Waals surface area contributed by atoms with Gasteiger partial charge >= 0.3 is 11.9 Å². The molecule has 1 heterocycles. The number of benzene rings is 4. The van der Waals surface area contributed by atoms with Gasteiger partial charge in [0, 0.05) is 12.2 Å². The summed E-state index contributed by atoms with van der Waals surface area (Å²) in [7, 11) is 0. The third kappa shape index (κ3) is 13.4. The average molecular weight is 822 g/mol. The summed E-state index contributed by atoms with van der Waals surface area (Å²) < 4.78 is 17.4. The van der Waals surface area contributed by atoms with Crippen molar-refractivity contribution in [3.63, 3.8) is 0 Å². The van der Waals surface area contributed by atoms with E-state index in [4.69, 9.17) is 19.5 Å². The number of likely N-dealkylation sites (N-methyl/N-ethyl adjacent to an activating group) is 1. The van der Waals surface area contributed by atoms with Crippen LogP contribution in [0.2, 0.25) is 0 Å². The van der Waals surface area contributed by atoms with Crippen molar-refractivity contribution in [2.24, 2.45) is 41.5 Å². The van der Waals surface area contributed by atoms with Crippen molar-refractivity contribution < 1.29 is 23.8 Å². The van der Waals surface area contributed by atoms with Crippen LogP contribution in [0, 0.1) is 29.1 Å². The van der Waals surface area contributed by atoms with Gasteiger partial charge in [0.05, 0.1) is 52.0 Å². The molecule has 0 spiro atoms. The number of aryl methyl sites for hydroxylation is 1. The molecule has 5 rings (SSSR count). The number of carbonyl (C=O) groups is 2. The molecule has 1 aromatic heterocycles. The topological polar surface area (TPSA) is 176 Å². The maximum atomic E-state index is 13.4. The lowest BCUT2D eigenvalue weighted by Gasteiger charge is -2.34. The fourth-order valence-corrected chi connectivity index (χ4v) is 6.29. The zero-order chi connectivity index (χ0) is 43.7. The van der Waals surface area contributed by atoms with E-state index in [9.17, 15) is 9.59 Å². The molecule has 14 heteroatoms. The highest BCUT2D eigenvalue weighted by Crippen LogP contribution is 2.39. The Bertz CT molecular complexity index is 2340. The number of carbonyl (C=O) groups excluding carboxylic acids is 2. The highest BCUT2D eigenvalue weighted by Gasteiger charge is 2.43. The van der Waals surface area contributed by atoms with Gasteiger partial charge in [0.25, 0.3) is 0 Å². The van der Waals surface area contributed by atoms with Gasteiger partial charge in [-0.15, -0.1) is 5.11 Å². The molecule has 5 aromatic rings. The van der Waals surface area contributed by atoms with Gasteiger partial charge in [0.15, 0.2) is 0 Å². The molecular weight excluding hydrogens is 771 g/mol. The summed E-state index contributed by atoms with van der Waals surface area (Å²) in [6.07, 6.45) is 2.22. The Morgan fingerprint density at radius 3 is 1.77 bits per heavy atom. The van der Waals surface area contributed by atoms with Gasteiger partial charge in [-0.3, -0.25) is 9.59 Å². The third-order valence-electron chi connectivity index (χ3n) is 9.89. The van der Waals surface area contributed by atoms with E-state index in [0.717, 1.165) is 16.9 Å². The van der Waals surface area contributed by atoms with Crippen LogP contribution >= 0.6 is 0 Å². The molecule has 0 N–H and O–H groups in total. The minimum Gasteiger partial charge on any atom is -0.490 e. The Kier molecular flexibility index (Phi) is 16.0. The maximum absolute atomic E-state index is 13.4. The smallest absolute Gasteiger partial charge is 0.311 e. The van der Waals surface area contributed by atoms with Crippen molar-refractivity contribution in [3.05, 3.63) is 127 Å². The van der Waals surface area contributed by atoms with Gasteiger partial charge in [-0.1, -0.05) is 25.1 Å². The van der Waals surface area contributed by atoms with Crippen molar-refractivity contribution in [3.8, 4) is 11.8 Å². The van der Waals surface area contributed by atoms with E-state index >= 15 is 0 Å². The van der Waals surface area contributed by atoms with Crippen molar-refractivity contribution >= 4 is 51.8 Å². The van der Waals surface area contributed by atoms with Gasteiger partial charge in [-0.2, -0.15) is 30.8 Å². The quantitative estimate of drug-likeness (QED) is 0.0423. The number of ether oxygens (including phenoxy) is 3. The molecule has 0 aliphatic heterocycles. The van der Waals surface area contributed by atoms with Crippen LogP contribution in [0.3, 0.4) is 0 Å². The van der Waals surface area contributed by atoms with Crippen molar-refractivity contribution in [2.45, 2.75) is 54.4 Å². The zero-order valence-corrected chi connectivity index (χ0v) is 35.5. The zero-order valence-electron chi connectivity index (χ0n) is 35.5. The Labute approximate surface area is 357 Å². The van der Waals surface area contributed by atoms with Crippen molar-refractivity contribution in [1.29, 1.82) is 5.26 Å². The first-order valence-corrected chi connectivity index (χ1v) is 20.1. The number of nitriles is 1. The third-order valence-corrected chi connectivity index (χ3v) is 9.89. The predicted octanol–water partition coefficient (Wildman–Crippen LogP) is 12.3. The molecule has 1 unspecified atom stereocenters. The number of hydrogen-bond donors (Lipinski definition) is 0. The first kappa shape index (κ1) is 45.0. The molecular formula is C47H51N9O5. The van der Waals surface area contributed by atoms with Gasteiger partial charge in [-0.25, -0.2) is 4.98 Å². The van der Waals surface area contributed by atoms with Crippen LogP contribution in [0.4, 0.5) is 39.8 Å². The lowest BCUT2D eigenvalue weighted by atomic mass is 9.72. The molecule has 314 valence electrons. The number of anilines is 1. The Balaban J connectivity index is 1.04. The molecule has 0 aliphatic rings. The Morgan fingerprint density at radius 2 is 1.21 bits per heavy atom. The van der Waals surface area contributed by atoms with E-state index in [1.54, 1.807) is 32.0 Å². The average Bonchev–Trinajstić information content (AvgIpc) is 3.28. The molecule has 0 saturated heterocycles. The van der Waals surface area contributed by atoms with Gasteiger partial charge in [0.2, 0.25) is 0 Å².